The molecule has 0 aromatic rings. The van der Waals surface area contributed by atoms with Crippen LogP contribution in [-0.2, 0) is 4.43 Å². The second-order valence-corrected chi connectivity index (χ2v) is 2.73. The summed E-state index contributed by atoms with van der Waals surface area (Å²) in [4.78, 5) is 0. The number of alkyl halides is 2. The lowest BCUT2D eigenvalue weighted by Gasteiger charge is -2.02. The van der Waals surface area contributed by atoms with Gasteiger partial charge in [0.15, 0.2) is 9.76 Å². The maximum atomic E-state index is 5.45. The van der Waals surface area contributed by atoms with Crippen LogP contribution < -0.4 is 0 Å². The molecule has 1 atom stereocenters. The van der Waals surface area contributed by atoms with Crippen LogP contribution in [0, 0.1) is 0 Å². The van der Waals surface area contributed by atoms with Gasteiger partial charge in [-0.2, -0.15) is 0 Å². The minimum absolute atomic E-state index is 0.252. The average Bonchev–Trinajstić information content (AvgIpc) is 1.68. The Morgan fingerprint density at radius 3 is 2.57 bits per heavy atom. The van der Waals surface area contributed by atoms with Crippen LogP contribution in [0.5, 0.6) is 0 Å². The van der Waals surface area contributed by atoms with E-state index >= 15 is 0 Å². The minimum Gasteiger partial charge on any atom is -0.407 e. The molecule has 0 aliphatic carbocycles. The van der Waals surface area contributed by atoms with E-state index in [4.69, 9.17) is 27.6 Å². The van der Waals surface area contributed by atoms with Crippen molar-refractivity contribution in [1.82, 2.24) is 0 Å². The maximum absolute atomic E-state index is 5.45. The molecular weight excluding hydrogens is 151 g/mol. The molecule has 0 fully saturated rings. The van der Waals surface area contributed by atoms with Crippen LogP contribution in [0.1, 0.15) is 0 Å². The Morgan fingerprint density at radius 2 is 2.43 bits per heavy atom. The normalized spacial score (nSPS) is 15.9. The minimum atomic E-state index is -0.361. The summed E-state index contributed by atoms with van der Waals surface area (Å²) in [5.41, 5.74) is -0.252. The number of hydrogen-bond donors (Lipinski definition) is 0. The molecule has 0 saturated carbocycles. The maximum Gasteiger partial charge on any atom is 0.160 e. The quantitative estimate of drug-likeness (QED) is 0.439. The molecule has 7 heavy (non-hydrogen) atoms. The molecule has 44 valence electrons. The summed E-state index contributed by atoms with van der Waals surface area (Å²) < 4.78 is 4.96. The Labute approximate surface area is 55.9 Å². The first-order valence-electron chi connectivity index (χ1n) is 2.13. The lowest BCUT2D eigenvalue weighted by Crippen LogP contribution is -2.07. The number of rotatable bonds is 3. The van der Waals surface area contributed by atoms with Gasteiger partial charge in [0.25, 0.3) is 0 Å². The average molecular weight is 159 g/mol. The van der Waals surface area contributed by atoms with Gasteiger partial charge in [0, 0.05) is 0 Å². The largest absolute Gasteiger partial charge is 0.407 e. The highest BCUT2D eigenvalue weighted by Gasteiger charge is 1.96. The SMILES string of the molecule is C[SiH2]OC(Cl)CCl. The predicted molar refractivity (Wildman–Crippen MR) is 35.9 cm³/mol. The van der Waals surface area contributed by atoms with Gasteiger partial charge >= 0.3 is 0 Å². The van der Waals surface area contributed by atoms with Gasteiger partial charge in [0.2, 0.25) is 0 Å². The van der Waals surface area contributed by atoms with Crippen molar-refractivity contribution in [2.24, 2.45) is 0 Å². The van der Waals surface area contributed by atoms with Crippen molar-refractivity contribution < 1.29 is 4.43 Å². The molecule has 0 aliphatic rings. The molecule has 0 spiro atoms. The van der Waals surface area contributed by atoms with Crippen LogP contribution in [0.25, 0.3) is 0 Å². The molecular formula is C3H8Cl2OSi. The molecule has 0 aliphatic heterocycles. The molecule has 0 amide bonds. The smallest absolute Gasteiger partial charge is 0.160 e. The van der Waals surface area contributed by atoms with Gasteiger partial charge in [0.1, 0.15) is 5.56 Å². The van der Waals surface area contributed by atoms with Crippen molar-refractivity contribution in [3.63, 3.8) is 0 Å². The van der Waals surface area contributed by atoms with Crippen molar-refractivity contribution >= 4 is 33.0 Å². The van der Waals surface area contributed by atoms with Crippen molar-refractivity contribution in [1.29, 1.82) is 0 Å². The second kappa shape index (κ2) is 4.90. The van der Waals surface area contributed by atoms with Crippen LogP contribution in [0.15, 0.2) is 0 Å². The van der Waals surface area contributed by atoms with Crippen molar-refractivity contribution in [3.05, 3.63) is 0 Å². The molecule has 0 rings (SSSR count). The van der Waals surface area contributed by atoms with E-state index in [1.807, 2.05) is 6.55 Å². The lowest BCUT2D eigenvalue weighted by molar-refractivity contribution is 0.325. The van der Waals surface area contributed by atoms with E-state index in [0.717, 1.165) is 0 Å². The number of halogens is 2. The first-order chi connectivity index (χ1) is 3.31. The highest BCUT2D eigenvalue weighted by molar-refractivity contribution is 6.31. The molecule has 0 bridgehead atoms. The Bertz CT molecular complexity index is 43.9. The molecule has 1 unspecified atom stereocenters. The molecule has 1 nitrogen and oxygen atoms in total. The fourth-order valence-electron chi connectivity index (χ4n) is 0.225. The third-order valence-corrected chi connectivity index (χ3v) is 2.13. The van der Waals surface area contributed by atoms with Gasteiger partial charge < -0.3 is 4.43 Å². The van der Waals surface area contributed by atoms with Gasteiger partial charge in [-0.15, -0.1) is 11.6 Å². The Kier molecular flexibility index (Phi) is 5.44. The zero-order valence-electron chi connectivity index (χ0n) is 4.16. The second-order valence-electron chi connectivity index (χ2n) is 1.02. The van der Waals surface area contributed by atoms with E-state index in [2.05, 4.69) is 0 Å². The molecule has 4 heteroatoms. The van der Waals surface area contributed by atoms with Gasteiger partial charge in [-0.3, -0.25) is 0 Å². The standard InChI is InChI=1S/C3H8Cl2OSi/c1-7-6-3(5)2-4/h3H,2,7H2,1H3. The van der Waals surface area contributed by atoms with Crippen LogP contribution in [0.2, 0.25) is 6.55 Å². The van der Waals surface area contributed by atoms with E-state index in [1.165, 1.54) is 0 Å². The van der Waals surface area contributed by atoms with Crippen LogP contribution in [-0.4, -0.2) is 21.2 Å². The zero-order chi connectivity index (χ0) is 5.70. The summed E-state index contributed by atoms with van der Waals surface area (Å²) in [5.74, 6) is 0.391. The van der Waals surface area contributed by atoms with Gasteiger partial charge in [0.05, 0.1) is 5.88 Å². The Hall–Kier alpha value is 0.757. The predicted octanol–water partition coefficient (Wildman–Crippen LogP) is 0.939. The summed E-state index contributed by atoms with van der Waals surface area (Å²) in [6.45, 7) is 2.02. The highest BCUT2D eigenvalue weighted by Crippen LogP contribution is 1.97. The lowest BCUT2D eigenvalue weighted by atomic mass is 10.9. The summed E-state index contributed by atoms with van der Waals surface area (Å²) in [7, 11) is -0.361. The van der Waals surface area contributed by atoms with Gasteiger partial charge in [-0.05, 0) is 0 Å². The fourth-order valence-corrected chi connectivity index (χ4v) is 1.32. The van der Waals surface area contributed by atoms with Crippen LogP contribution in [0.3, 0.4) is 0 Å². The van der Waals surface area contributed by atoms with Gasteiger partial charge in [-0.25, -0.2) is 0 Å². The van der Waals surface area contributed by atoms with E-state index in [-0.39, 0.29) is 15.3 Å². The third kappa shape index (κ3) is 4.61. The first-order valence-corrected chi connectivity index (χ1v) is 5.09. The Balaban J connectivity index is 2.83. The molecule has 0 radical (unpaired) electrons. The molecule has 0 N–H and O–H groups in total. The fraction of sp³-hybridized carbons (Fsp3) is 1.00. The summed E-state index contributed by atoms with van der Waals surface area (Å²) in [5, 5.41) is 0. The topological polar surface area (TPSA) is 9.23 Å². The monoisotopic (exact) mass is 158 g/mol. The van der Waals surface area contributed by atoms with E-state index in [0.29, 0.717) is 5.88 Å². The molecule has 0 aromatic carbocycles. The van der Waals surface area contributed by atoms with Crippen molar-refractivity contribution in [2.75, 3.05) is 5.88 Å². The van der Waals surface area contributed by atoms with E-state index in [1.54, 1.807) is 0 Å². The van der Waals surface area contributed by atoms with E-state index in [9.17, 15) is 0 Å². The summed E-state index contributed by atoms with van der Waals surface area (Å²) in [6, 6.07) is 0. The third-order valence-electron chi connectivity index (χ3n) is 0.469. The van der Waals surface area contributed by atoms with Gasteiger partial charge in [-0.1, -0.05) is 18.1 Å². The van der Waals surface area contributed by atoms with E-state index < -0.39 is 0 Å². The zero-order valence-corrected chi connectivity index (χ0v) is 7.08. The Morgan fingerprint density at radius 1 is 1.86 bits per heavy atom. The summed E-state index contributed by atoms with van der Waals surface area (Å²) >= 11 is 10.7. The van der Waals surface area contributed by atoms with Crippen LogP contribution >= 0.6 is 23.2 Å². The number of hydrogen-bond acceptors (Lipinski definition) is 1. The van der Waals surface area contributed by atoms with Crippen LogP contribution in [0.4, 0.5) is 0 Å². The molecule has 0 aromatic heterocycles. The van der Waals surface area contributed by atoms with Crippen molar-refractivity contribution in [3.8, 4) is 0 Å². The molecule has 0 saturated heterocycles. The van der Waals surface area contributed by atoms with Crippen molar-refractivity contribution in [2.45, 2.75) is 12.1 Å². The molecule has 0 heterocycles. The highest BCUT2D eigenvalue weighted by atomic mass is 35.5. The first kappa shape index (κ1) is 7.76. The summed E-state index contributed by atoms with van der Waals surface area (Å²) in [6.07, 6.45) is 0.